The standard InChI is InChI=1S/C30H38N4O2/c1-32(2)30(25-8-5-4-6-9-25)18-16-29(17-19-30)23-33(20-24-10-12-26(36-3)13-11-24)27(35)34(29)22-28(21-31)14-7-15-28/h4-6,8-13H,7,14-20,22-23H2,1-3H3. The van der Waals surface area contributed by atoms with Crippen molar-refractivity contribution in [3.8, 4) is 11.8 Å². The Morgan fingerprint density at radius 3 is 2.17 bits per heavy atom. The first-order chi connectivity index (χ1) is 17.4. The van der Waals surface area contributed by atoms with Gasteiger partial charge in [-0.3, -0.25) is 4.90 Å². The Kier molecular flexibility index (Phi) is 6.46. The van der Waals surface area contributed by atoms with Gasteiger partial charge >= 0.3 is 6.03 Å². The third-order valence-corrected chi connectivity index (χ3v) is 9.28. The predicted octanol–water partition coefficient (Wildman–Crippen LogP) is 5.40. The molecule has 3 fully saturated rings. The molecule has 0 atom stereocenters. The van der Waals surface area contributed by atoms with Crippen molar-refractivity contribution in [3.05, 3.63) is 65.7 Å². The average molecular weight is 487 g/mol. The molecule has 1 aliphatic heterocycles. The highest BCUT2D eigenvalue weighted by atomic mass is 16.5. The molecule has 2 amide bonds. The lowest BCUT2D eigenvalue weighted by atomic mass is 9.66. The molecule has 2 aliphatic carbocycles. The maximum absolute atomic E-state index is 13.9. The van der Waals surface area contributed by atoms with Crippen LogP contribution in [0.5, 0.6) is 5.75 Å². The second kappa shape index (κ2) is 9.44. The summed E-state index contributed by atoms with van der Waals surface area (Å²) in [5, 5.41) is 10.0. The summed E-state index contributed by atoms with van der Waals surface area (Å²) in [6, 6.07) is 21.5. The zero-order valence-electron chi connectivity index (χ0n) is 21.9. The monoisotopic (exact) mass is 486 g/mol. The molecular weight excluding hydrogens is 448 g/mol. The van der Waals surface area contributed by atoms with Crippen molar-refractivity contribution in [3.63, 3.8) is 0 Å². The molecule has 2 aromatic carbocycles. The Labute approximate surface area is 215 Å². The Morgan fingerprint density at radius 2 is 1.64 bits per heavy atom. The van der Waals surface area contributed by atoms with E-state index in [0.717, 1.165) is 62.8 Å². The molecule has 6 heteroatoms. The SMILES string of the molecule is COc1ccc(CN2CC3(CCC(c4ccccc4)(N(C)C)CC3)N(CC3(C#N)CCC3)C2=O)cc1. The minimum atomic E-state index is -0.381. The number of rotatable bonds is 7. The van der Waals surface area contributed by atoms with Gasteiger partial charge < -0.3 is 14.5 Å². The molecule has 5 rings (SSSR count). The zero-order valence-corrected chi connectivity index (χ0v) is 21.9. The van der Waals surface area contributed by atoms with E-state index in [9.17, 15) is 10.1 Å². The lowest BCUT2D eigenvalue weighted by molar-refractivity contribution is 0.00724. The van der Waals surface area contributed by atoms with E-state index in [4.69, 9.17) is 4.74 Å². The van der Waals surface area contributed by atoms with E-state index in [2.05, 4.69) is 60.3 Å². The highest BCUT2D eigenvalue weighted by Crippen LogP contribution is 2.51. The van der Waals surface area contributed by atoms with Crippen molar-refractivity contribution in [2.75, 3.05) is 34.3 Å². The van der Waals surface area contributed by atoms with Gasteiger partial charge in [-0.2, -0.15) is 5.26 Å². The second-order valence-corrected chi connectivity index (χ2v) is 11.3. The molecule has 190 valence electrons. The predicted molar refractivity (Wildman–Crippen MR) is 140 cm³/mol. The van der Waals surface area contributed by atoms with Crippen LogP contribution in [0, 0.1) is 16.7 Å². The third kappa shape index (κ3) is 4.14. The van der Waals surface area contributed by atoms with E-state index in [1.54, 1.807) is 7.11 Å². The minimum Gasteiger partial charge on any atom is -0.497 e. The first-order valence-corrected chi connectivity index (χ1v) is 13.2. The number of hydrogen-bond acceptors (Lipinski definition) is 4. The fraction of sp³-hybridized carbons (Fsp3) is 0.533. The Morgan fingerprint density at radius 1 is 0.972 bits per heavy atom. The van der Waals surface area contributed by atoms with Crippen LogP contribution >= 0.6 is 0 Å². The normalized spacial score (nSPS) is 27.2. The number of hydrogen-bond donors (Lipinski definition) is 0. The number of methoxy groups -OCH3 is 1. The molecule has 0 unspecified atom stereocenters. The first-order valence-electron chi connectivity index (χ1n) is 13.2. The van der Waals surface area contributed by atoms with Crippen molar-refractivity contribution >= 4 is 6.03 Å². The average Bonchev–Trinajstić information content (AvgIpc) is 3.12. The van der Waals surface area contributed by atoms with Crippen LogP contribution in [0.3, 0.4) is 0 Å². The summed E-state index contributed by atoms with van der Waals surface area (Å²) in [4.78, 5) is 20.4. The Balaban J connectivity index is 1.42. The number of nitriles is 1. The largest absolute Gasteiger partial charge is 0.497 e. The Hall–Kier alpha value is -3.04. The van der Waals surface area contributed by atoms with E-state index in [1.165, 1.54) is 5.56 Å². The summed E-state index contributed by atoms with van der Waals surface area (Å²) in [6.45, 7) is 1.86. The lowest BCUT2D eigenvalue weighted by Gasteiger charge is -2.52. The van der Waals surface area contributed by atoms with Crippen molar-refractivity contribution in [1.82, 2.24) is 14.7 Å². The van der Waals surface area contributed by atoms with E-state index in [1.807, 2.05) is 29.2 Å². The fourth-order valence-electron chi connectivity index (χ4n) is 6.70. The quantitative estimate of drug-likeness (QED) is 0.526. The molecule has 0 aromatic heterocycles. The number of ether oxygens (including phenoxy) is 1. The van der Waals surface area contributed by atoms with Crippen LogP contribution in [-0.4, -0.2) is 60.6 Å². The number of urea groups is 1. The van der Waals surface area contributed by atoms with Crippen LogP contribution in [-0.2, 0) is 12.1 Å². The van der Waals surface area contributed by atoms with E-state index in [0.29, 0.717) is 13.1 Å². The van der Waals surface area contributed by atoms with Gasteiger partial charge in [-0.15, -0.1) is 0 Å². The first kappa shape index (κ1) is 24.6. The molecule has 1 spiro atoms. The van der Waals surface area contributed by atoms with Crippen LogP contribution in [0.25, 0.3) is 0 Å². The number of carbonyl (C=O) groups is 1. The van der Waals surface area contributed by atoms with Crippen molar-refractivity contribution in [1.29, 1.82) is 5.26 Å². The smallest absolute Gasteiger partial charge is 0.320 e. The number of carbonyl (C=O) groups excluding carboxylic acids is 1. The molecule has 2 aromatic rings. The van der Waals surface area contributed by atoms with Crippen LogP contribution in [0.1, 0.15) is 56.1 Å². The molecule has 1 heterocycles. The highest BCUT2D eigenvalue weighted by Gasteiger charge is 2.56. The van der Waals surface area contributed by atoms with Gasteiger partial charge in [0.2, 0.25) is 0 Å². The van der Waals surface area contributed by atoms with Crippen LogP contribution in [0.4, 0.5) is 4.79 Å². The van der Waals surface area contributed by atoms with Gasteiger partial charge in [-0.05, 0) is 75.9 Å². The summed E-state index contributed by atoms with van der Waals surface area (Å²) in [7, 11) is 6.02. The van der Waals surface area contributed by atoms with Crippen LogP contribution in [0.2, 0.25) is 0 Å². The van der Waals surface area contributed by atoms with Gasteiger partial charge in [0.05, 0.1) is 24.1 Å². The molecule has 0 radical (unpaired) electrons. The van der Waals surface area contributed by atoms with Crippen LogP contribution in [0.15, 0.2) is 54.6 Å². The highest BCUT2D eigenvalue weighted by molar-refractivity contribution is 5.78. The van der Waals surface area contributed by atoms with Gasteiger partial charge in [-0.25, -0.2) is 4.79 Å². The summed E-state index contributed by atoms with van der Waals surface area (Å²) in [5.74, 6) is 0.818. The fourth-order valence-corrected chi connectivity index (χ4v) is 6.70. The molecule has 3 aliphatic rings. The van der Waals surface area contributed by atoms with Gasteiger partial charge in [-0.1, -0.05) is 48.9 Å². The lowest BCUT2D eigenvalue weighted by Crippen LogP contribution is -2.57. The van der Waals surface area contributed by atoms with E-state index < -0.39 is 0 Å². The molecule has 0 bridgehead atoms. The van der Waals surface area contributed by atoms with Gasteiger partial charge in [0.15, 0.2) is 0 Å². The number of amides is 2. The summed E-state index contributed by atoms with van der Waals surface area (Å²) >= 11 is 0. The van der Waals surface area contributed by atoms with Crippen molar-refractivity contribution in [2.45, 2.75) is 62.6 Å². The number of benzene rings is 2. The van der Waals surface area contributed by atoms with E-state index in [-0.39, 0.29) is 22.5 Å². The zero-order chi connectivity index (χ0) is 25.4. The number of nitrogens with zero attached hydrogens (tertiary/aromatic N) is 4. The maximum Gasteiger partial charge on any atom is 0.320 e. The Bertz CT molecular complexity index is 1110. The topological polar surface area (TPSA) is 59.8 Å². The molecule has 0 N–H and O–H groups in total. The molecule has 2 saturated carbocycles. The van der Waals surface area contributed by atoms with Gasteiger partial charge in [0, 0.05) is 25.2 Å². The van der Waals surface area contributed by atoms with Crippen molar-refractivity contribution < 1.29 is 9.53 Å². The summed E-state index contributed by atoms with van der Waals surface area (Å²) < 4.78 is 5.31. The van der Waals surface area contributed by atoms with Crippen LogP contribution < -0.4 is 4.74 Å². The molecular formula is C30H38N4O2. The second-order valence-electron chi connectivity index (χ2n) is 11.3. The molecule has 6 nitrogen and oxygen atoms in total. The van der Waals surface area contributed by atoms with E-state index >= 15 is 0 Å². The third-order valence-electron chi connectivity index (χ3n) is 9.28. The van der Waals surface area contributed by atoms with Gasteiger partial charge in [0.1, 0.15) is 5.75 Å². The summed E-state index contributed by atoms with van der Waals surface area (Å²) in [5.41, 5.74) is 1.81. The van der Waals surface area contributed by atoms with Gasteiger partial charge in [0.25, 0.3) is 0 Å². The van der Waals surface area contributed by atoms with Crippen molar-refractivity contribution in [2.24, 2.45) is 5.41 Å². The summed E-state index contributed by atoms with van der Waals surface area (Å²) in [6.07, 6.45) is 6.73. The maximum atomic E-state index is 13.9. The molecule has 36 heavy (non-hydrogen) atoms. The molecule has 1 saturated heterocycles. The minimum absolute atomic E-state index is 0.0337.